The van der Waals surface area contributed by atoms with E-state index < -0.39 is 6.56 Å². The summed E-state index contributed by atoms with van der Waals surface area (Å²) in [6, 6.07) is 18.0. The summed E-state index contributed by atoms with van der Waals surface area (Å²) < 4.78 is 22.8. The van der Waals surface area contributed by atoms with Crippen LogP contribution in [0.2, 0.25) is 0 Å². The van der Waals surface area contributed by atoms with Crippen molar-refractivity contribution in [3.8, 4) is 11.9 Å². The van der Waals surface area contributed by atoms with Crippen LogP contribution >= 0.6 is 11.8 Å². The number of aromatic nitrogens is 2. The van der Waals surface area contributed by atoms with Gasteiger partial charge in [-0.2, -0.15) is 10.2 Å². The van der Waals surface area contributed by atoms with E-state index in [4.69, 9.17) is 12.7 Å². The molecule has 2 aromatic carbocycles. The molecule has 0 spiro atoms. The Morgan fingerprint density at radius 3 is 2.53 bits per heavy atom. The van der Waals surface area contributed by atoms with Crippen LogP contribution in [-0.2, 0) is 6.56 Å². The Balaban J connectivity index is 1.65. The molecule has 0 amide bonds. The molecule has 152 valence electrons. The first-order valence-electron chi connectivity index (χ1n) is 10.7. The predicted molar refractivity (Wildman–Crippen MR) is 118 cm³/mol. The third-order valence-electron chi connectivity index (χ3n) is 4.75. The average Bonchev–Trinajstić information content (AvgIpc) is 2.81. The smallest absolute Gasteiger partial charge is 0.232 e. The van der Waals surface area contributed by atoms with E-state index in [0.29, 0.717) is 22.0 Å². The van der Waals surface area contributed by atoms with Gasteiger partial charge in [-0.3, -0.25) is 0 Å². The number of nitriles is 1. The molecule has 0 unspecified atom stereocenters. The number of piperazine rings is 1. The van der Waals surface area contributed by atoms with Gasteiger partial charge in [0.15, 0.2) is 0 Å². The molecule has 0 aliphatic carbocycles. The molecule has 1 fully saturated rings. The minimum absolute atomic E-state index is 0.192. The standard InChI is InChI=1S/C23H23N5OS/c1-27-11-13-28(14-12-27)23-25-16-21(30-20-9-7-18(15-24)8-10-20)22(26-23)29-17-19-5-3-2-4-6-19/h2-10,16H,11-14,17H2,1H3/i17D2. The third-order valence-corrected chi connectivity index (χ3v) is 5.75. The molecule has 1 saturated heterocycles. The van der Waals surface area contributed by atoms with Crippen molar-refractivity contribution in [1.82, 2.24) is 14.9 Å². The summed E-state index contributed by atoms with van der Waals surface area (Å²) in [7, 11) is 2.08. The van der Waals surface area contributed by atoms with Gasteiger partial charge < -0.3 is 14.5 Å². The van der Waals surface area contributed by atoms with Crippen molar-refractivity contribution in [2.24, 2.45) is 0 Å². The average molecular weight is 420 g/mol. The molecule has 7 heteroatoms. The van der Waals surface area contributed by atoms with Gasteiger partial charge in [0.2, 0.25) is 11.8 Å². The Kier molecular flexibility index (Phi) is 5.69. The number of likely N-dealkylation sites (N-methyl/N-ethyl adjacent to an activating group) is 1. The predicted octanol–water partition coefficient (Wildman–Crippen LogP) is 3.83. The highest BCUT2D eigenvalue weighted by Gasteiger charge is 2.19. The van der Waals surface area contributed by atoms with Crippen molar-refractivity contribution in [2.75, 3.05) is 38.1 Å². The number of nitrogens with zero attached hydrogens (tertiary/aromatic N) is 5. The van der Waals surface area contributed by atoms with Crippen LogP contribution in [0.3, 0.4) is 0 Å². The Bertz CT molecular complexity index is 1100. The van der Waals surface area contributed by atoms with E-state index in [0.717, 1.165) is 31.1 Å². The fourth-order valence-electron chi connectivity index (χ4n) is 2.99. The van der Waals surface area contributed by atoms with Crippen molar-refractivity contribution in [3.05, 3.63) is 71.9 Å². The minimum atomic E-state index is -2.06. The van der Waals surface area contributed by atoms with Crippen LogP contribution in [-0.4, -0.2) is 48.1 Å². The van der Waals surface area contributed by atoms with Gasteiger partial charge in [0.05, 0.1) is 25.5 Å². The number of ether oxygens (including phenoxy) is 1. The van der Waals surface area contributed by atoms with Crippen molar-refractivity contribution in [3.63, 3.8) is 0 Å². The summed E-state index contributed by atoms with van der Waals surface area (Å²) in [6.45, 7) is 1.35. The van der Waals surface area contributed by atoms with Crippen molar-refractivity contribution >= 4 is 17.7 Å². The topological polar surface area (TPSA) is 65.3 Å². The second-order valence-corrected chi connectivity index (χ2v) is 8.05. The van der Waals surface area contributed by atoms with Crippen LogP contribution < -0.4 is 9.64 Å². The summed E-state index contributed by atoms with van der Waals surface area (Å²) in [4.78, 5) is 15.0. The molecule has 0 radical (unpaired) electrons. The van der Waals surface area contributed by atoms with Gasteiger partial charge in [0.25, 0.3) is 0 Å². The molecular weight excluding hydrogens is 394 g/mol. The quantitative estimate of drug-likeness (QED) is 0.602. The van der Waals surface area contributed by atoms with E-state index >= 15 is 0 Å². The zero-order chi connectivity index (χ0) is 22.6. The first-order valence-corrected chi connectivity index (χ1v) is 10.5. The molecule has 6 nitrogen and oxygen atoms in total. The molecule has 2 heterocycles. The van der Waals surface area contributed by atoms with E-state index in [9.17, 15) is 0 Å². The minimum Gasteiger partial charge on any atom is -0.472 e. The molecule has 0 bridgehead atoms. The van der Waals surface area contributed by atoms with E-state index in [2.05, 4.69) is 32.9 Å². The summed E-state index contributed by atoms with van der Waals surface area (Å²) in [5, 5.41) is 9.02. The molecule has 3 aromatic rings. The molecule has 0 saturated carbocycles. The highest BCUT2D eigenvalue weighted by atomic mass is 32.2. The van der Waals surface area contributed by atoms with Crippen molar-refractivity contribution < 1.29 is 7.48 Å². The fourth-order valence-corrected chi connectivity index (χ4v) is 3.79. The van der Waals surface area contributed by atoms with Gasteiger partial charge >= 0.3 is 0 Å². The fraction of sp³-hybridized carbons (Fsp3) is 0.261. The molecular formula is C23H23N5OS. The number of anilines is 1. The molecule has 1 aliphatic rings. The summed E-state index contributed by atoms with van der Waals surface area (Å²) in [5.74, 6) is 0.721. The van der Waals surface area contributed by atoms with Crippen LogP contribution in [0.1, 0.15) is 13.9 Å². The summed E-state index contributed by atoms with van der Waals surface area (Å²) >= 11 is 1.37. The lowest BCUT2D eigenvalue weighted by molar-refractivity contribution is 0.283. The van der Waals surface area contributed by atoms with Crippen molar-refractivity contribution in [2.45, 2.75) is 16.3 Å². The second kappa shape index (κ2) is 9.61. The van der Waals surface area contributed by atoms with E-state index in [1.807, 2.05) is 18.2 Å². The van der Waals surface area contributed by atoms with E-state index in [1.165, 1.54) is 11.8 Å². The molecule has 1 aromatic heterocycles. The normalized spacial score (nSPS) is 15.8. The Morgan fingerprint density at radius 2 is 1.83 bits per heavy atom. The lowest BCUT2D eigenvalue weighted by Crippen LogP contribution is -2.45. The largest absolute Gasteiger partial charge is 0.472 e. The number of hydrogen-bond acceptors (Lipinski definition) is 7. The van der Waals surface area contributed by atoms with Crippen LogP contribution in [0.25, 0.3) is 0 Å². The van der Waals surface area contributed by atoms with Gasteiger partial charge in [-0.05, 0) is 36.9 Å². The van der Waals surface area contributed by atoms with E-state index in [1.54, 1.807) is 42.6 Å². The van der Waals surface area contributed by atoms with Gasteiger partial charge in [0.1, 0.15) is 6.56 Å². The zero-order valence-electron chi connectivity index (χ0n) is 18.7. The summed E-state index contributed by atoms with van der Waals surface area (Å²) in [5.41, 5.74) is 0.988. The van der Waals surface area contributed by atoms with Crippen molar-refractivity contribution in [1.29, 1.82) is 5.26 Å². The maximum atomic E-state index is 9.02. The van der Waals surface area contributed by atoms with Crippen LogP contribution in [0.5, 0.6) is 5.88 Å². The molecule has 0 N–H and O–H groups in total. The Hall–Kier alpha value is -3.08. The lowest BCUT2D eigenvalue weighted by Gasteiger charge is -2.32. The summed E-state index contributed by atoms with van der Waals surface area (Å²) in [6.07, 6.45) is 1.68. The molecule has 30 heavy (non-hydrogen) atoms. The lowest BCUT2D eigenvalue weighted by atomic mass is 10.2. The monoisotopic (exact) mass is 419 g/mol. The zero-order valence-corrected chi connectivity index (χ0v) is 17.5. The third kappa shape index (κ3) is 5.09. The van der Waals surface area contributed by atoms with Crippen LogP contribution in [0, 0.1) is 11.3 Å². The first-order chi connectivity index (χ1) is 15.4. The van der Waals surface area contributed by atoms with Gasteiger partial charge in [-0.15, -0.1) is 0 Å². The van der Waals surface area contributed by atoms with Gasteiger partial charge in [-0.25, -0.2) is 4.98 Å². The highest BCUT2D eigenvalue weighted by molar-refractivity contribution is 7.99. The number of benzene rings is 2. The highest BCUT2D eigenvalue weighted by Crippen LogP contribution is 2.35. The van der Waals surface area contributed by atoms with E-state index in [-0.39, 0.29) is 5.88 Å². The maximum Gasteiger partial charge on any atom is 0.232 e. The van der Waals surface area contributed by atoms with Crippen LogP contribution in [0.15, 0.2) is 70.6 Å². The maximum absolute atomic E-state index is 9.02. The number of hydrogen-bond donors (Lipinski definition) is 0. The SMILES string of the molecule is [2H]C([2H])(Oc1nc(N2CCN(C)CC2)ncc1Sc1ccc(C#N)cc1)c1ccccc1. The van der Waals surface area contributed by atoms with Gasteiger partial charge in [0, 0.05) is 31.1 Å². The molecule has 0 atom stereocenters. The van der Waals surface area contributed by atoms with Gasteiger partial charge in [-0.1, -0.05) is 42.1 Å². The molecule has 4 rings (SSSR count). The molecule has 1 aliphatic heterocycles. The first kappa shape index (κ1) is 17.8. The Labute approximate surface area is 183 Å². The number of rotatable bonds is 6. The van der Waals surface area contributed by atoms with Crippen LogP contribution in [0.4, 0.5) is 5.95 Å². The second-order valence-electron chi connectivity index (χ2n) is 6.94. The Morgan fingerprint density at radius 1 is 1.10 bits per heavy atom.